The summed E-state index contributed by atoms with van der Waals surface area (Å²) in [6.45, 7) is 1.88. The lowest BCUT2D eigenvalue weighted by atomic mass is 10.1. The normalized spacial score (nSPS) is 11.4. The first-order valence-corrected chi connectivity index (χ1v) is 9.70. The molecule has 6 nitrogen and oxygen atoms in total. The van der Waals surface area contributed by atoms with Gasteiger partial charge in [-0.25, -0.2) is 0 Å². The lowest BCUT2D eigenvalue weighted by Crippen LogP contribution is -2.15. The van der Waals surface area contributed by atoms with Crippen LogP contribution in [0.5, 0.6) is 11.5 Å². The number of allylic oxidation sites excluding steroid dienone is 1. The Labute approximate surface area is 179 Å². The first-order valence-electron chi connectivity index (χ1n) is 9.32. The molecule has 0 bridgehead atoms. The van der Waals surface area contributed by atoms with Gasteiger partial charge in [-0.3, -0.25) is 9.59 Å². The predicted octanol–water partition coefficient (Wildman–Crippen LogP) is 4.68. The van der Waals surface area contributed by atoms with E-state index in [2.05, 4.69) is 0 Å². The second-order valence-corrected chi connectivity index (χ2v) is 7.27. The summed E-state index contributed by atoms with van der Waals surface area (Å²) in [5.41, 5.74) is 1.22. The highest BCUT2D eigenvalue weighted by molar-refractivity contribution is 6.30. The maximum Gasteiger partial charge on any atom is 0.229 e. The SMILES string of the molecule is CCc1coc2cc(O/C(=C\N(C)C)C(=O)c3ccc(Cl)cc3)c(OC)cc2c1=O. The van der Waals surface area contributed by atoms with Crippen LogP contribution in [0.1, 0.15) is 22.8 Å². The molecule has 30 heavy (non-hydrogen) atoms. The minimum Gasteiger partial charge on any atom is -0.493 e. The number of hydrogen-bond donors (Lipinski definition) is 0. The molecule has 0 fully saturated rings. The van der Waals surface area contributed by atoms with Crippen LogP contribution in [0.2, 0.25) is 5.02 Å². The summed E-state index contributed by atoms with van der Waals surface area (Å²) in [6.07, 6.45) is 3.57. The highest BCUT2D eigenvalue weighted by Crippen LogP contribution is 2.33. The summed E-state index contributed by atoms with van der Waals surface area (Å²) in [4.78, 5) is 27.3. The molecule has 0 atom stereocenters. The van der Waals surface area contributed by atoms with Crippen LogP contribution in [-0.2, 0) is 6.42 Å². The van der Waals surface area contributed by atoms with Crippen molar-refractivity contribution in [1.29, 1.82) is 0 Å². The van der Waals surface area contributed by atoms with Crippen molar-refractivity contribution in [2.45, 2.75) is 13.3 Å². The molecule has 0 aliphatic carbocycles. The van der Waals surface area contributed by atoms with E-state index in [1.807, 2.05) is 6.92 Å². The summed E-state index contributed by atoms with van der Waals surface area (Å²) < 4.78 is 17.0. The zero-order valence-electron chi connectivity index (χ0n) is 17.2. The topological polar surface area (TPSA) is 69.0 Å². The number of hydrogen-bond acceptors (Lipinski definition) is 6. The van der Waals surface area contributed by atoms with Gasteiger partial charge in [-0.2, -0.15) is 0 Å². The maximum absolute atomic E-state index is 13.0. The summed E-state index contributed by atoms with van der Waals surface area (Å²) >= 11 is 5.92. The van der Waals surface area contributed by atoms with Gasteiger partial charge in [0.25, 0.3) is 0 Å². The number of ketones is 1. The molecular formula is C23H22ClNO5. The quantitative estimate of drug-likeness (QED) is 0.310. The minimum absolute atomic E-state index is 0.0764. The van der Waals surface area contributed by atoms with Crippen molar-refractivity contribution in [3.05, 3.63) is 81.0 Å². The Kier molecular flexibility index (Phi) is 6.47. The van der Waals surface area contributed by atoms with Crippen molar-refractivity contribution >= 4 is 28.4 Å². The Morgan fingerprint density at radius 3 is 2.47 bits per heavy atom. The molecule has 0 saturated carbocycles. The molecule has 3 rings (SSSR count). The van der Waals surface area contributed by atoms with Gasteiger partial charge in [-0.1, -0.05) is 18.5 Å². The van der Waals surface area contributed by atoms with Gasteiger partial charge in [0.15, 0.2) is 22.7 Å². The summed E-state index contributed by atoms with van der Waals surface area (Å²) in [5, 5.41) is 0.920. The van der Waals surface area contributed by atoms with Gasteiger partial charge < -0.3 is 18.8 Å². The molecule has 3 aromatic rings. The molecule has 0 aliphatic rings. The first kappa shape index (κ1) is 21.5. The van der Waals surface area contributed by atoms with E-state index in [1.165, 1.54) is 13.4 Å². The summed E-state index contributed by atoms with van der Waals surface area (Å²) in [5.74, 6) is 0.322. The van der Waals surface area contributed by atoms with E-state index in [4.69, 9.17) is 25.5 Å². The fourth-order valence-electron chi connectivity index (χ4n) is 2.89. The zero-order chi connectivity index (χ0) is 21.8. The van der Waals surface area contributed by atoms with E-state index >= 15 is 0 Å². The lowest BCUT2D eigenvalue weighted by molar-refractivity contribution is 0.0981. The maximum atomic E-state index is 13.0. The van der Waals surface area contributed by atoms with E-state index in [0.717, 1.165) is 0 Å². The lowest BCUT2D eigenvalue weighted by Gasteiger charge is -2.15. The number of carbonyl (C=O) groups is 1. The third-order valence-corrected chi connectivity index (χ3v) is 4.69. The Morgan fingerprint density at radius 1 is 1.17 bits per heavy atom. The molecule has 0 aliphatic heterocycles. The van der Waals surface area contributed by atoms with Crippen LogP contribution >= 0.6 is 11.6 Å². The minimum atomic E-state index is -0.328. The largest absolute Gasteiger partial charge is 0.493 e. The van der Waals surface area contributed by atoms with Crippen molar-refractivity contribution in [3.63, 3.8) is 0 Å². The van der Waals surface area contributed by atoms with Crippen molar-refractivity contribution in [2.24, 2.45) is 0 Å². The van der Waals surface area contributed by atoms with Gasteiger partial charge in [0.05, 0.1) is 18.8 Å². The molecule has 156 valence electrons. The number of methoxy groups -OCH3 is 1. The molecular weight excluding hydrogens is 406 g/mol. The molecule has 1 aromatic heterocycles. The smallest absolute Gasteiger partial charge is 0.229 e. The highest BCUT2D eigenvalue weighted by atomic mass is 35.5. The van der Waals surface area contributed by atoms with E-state index in [9.17, 15) is 9.59 Å². The molecule has 0 saturated heterocycles. The van der Waals surface area contributed by atoms with Crippen molar-refractivity contribution in [1.82, 2.24) is 4.90 Å². The van der Waals surface area contributed by atoms with E-state index in [0.29, 0.717) is 39.3 Å². The van der Waals surface area contributed by atoms with Crippen LogP contribution < -0.4 is 14.9 Å². The molecule has 0 radical (unpaired) electrons. The Hall–Kier alpha value is -3.25. The number of nitrogens with zero attached hydrogens (tertiary/aromatic N) is 1. The van der Waals surface area contributed by atoms with Crippen LogP contribution in [0, 0.1) is 0 Å². The number of ether oxygens (including phenoxy) is 2. The summed E-state index contributed by atoms with van der Waals surface area (Å²) in [7, 11) is 5.03. The van der Waals surface area contributed by atoms with Crippen molar-refractivity contribution in [2.75, 3.05) is 21.2 Å². The molecule has 0 N–H and O–H groups in total. The van der Waals surface area contributed by atoms with E-state index < -0.39 is 0 Å². The van der Waals surface area contributed by atoms with Crippen LogP contribution in [0.3, 0.4) is 0 Å². The Bertz CT molecular complexity index is 1160. The van der Waals surface area contributed by atoms with Crippen molar-refractivity contribution < 1.29 is 18.7 Å². The Morgan fingerprint density at radius 2 is 1.87 bits per heavy atom. The number of benzene rings is 2. The average molecular weight is 428 g/mol. The zero-order valence-corrected chi connectivity index (χ0v) is 17.9. The highest BCUT2D eigenvalue weighted by Gasteiger charge is 2.19. The molecule has 0 amide bonds. The van der Waals surface area contributed by atoms with Crippen LogP contribution in [0.15, 0.2) is 63.8 Å². The van der Waals surface area contributed by atoms with Gasteiger partial charge in [0.1, 0.15) is 5.58 Å². The second-order valence-electron chi connectivity index (χ2n) is 6.84. The predicted molar refractivity (Wildman–Crippen MR) is 117 cm³/mol. The molecule has 0 spiro atoms. The fourth-order valence-corrected chi connectivity index (χ4v) is 3.01. The van der Waals surface area contributed by atoms with E-state index in [1.54, 1.807) is 61.6 Å². The number of fused-ring (bicyclic) bond motifs is 1. The fraction of sp³-hybridized carbons (Fsp3) is 0.217. The van der Waals surface area contributed by atoms with Gasteiger partial charge in [-0.15, -0.1) is 0 Å². The molecule has 7 heteroatoms. The number of Topliss-reactive ketones (excluding diaryl/α,β-unsaturated/α-hetero) is 1. The third kappa shape index (κ3) is 4.49. The van der Waals surface area contributed by atoms with Crippen molar-refractivity contribution in [3.8, 4) is 11.5 Å². The Balaban J connectivity index is 2.06. The molecule has 0 unspecified atom stereocenters. The summed E-state index contributed by atoms with van der Waals surface area (Å²) in [6, 6.07) is 9.64. The van der Waals surface area contributed by atoms with Gasteiger partial charge in [0.2, 0.25) is 5.78 Å². The molecule has 1 heterocycles. The first-order chi connectivity index (χ1) is 14.3. The second kappa shape index (κ2) is 9.05. The third-order valence-electron chi connectivity index (χ3n) is 4.44. The van der Waals surface area contributed by atoms with Crippen LogP contribution in [-0.4, -0.2) is 31.9 Å². The average Bonchev–Trinajstić information content (AvgIpc) is 2.73. The van der Waals surface area contributed by atoms with Gasteiger partial charge in [-0.05, 0) is 36.8 Å². The number of aryl methyl sites for hydroxylation is 1. The van der Waals surface area contributed by atoms with Gasteiger partial charge >= 0.3 is 0 Å². The van der Waals surface area contributed by atoms with Crippen LogP contribution in [0.4, 0.5) is 0 Å². The van der Waals surface area contributed by atoms with E-state index in [-0.39, 0.29) is 22.7 Å². The number of rotatable bonds is 7. The van der Waals surface area contributed by atoms with Gasteiger partial charge in [0, 0.05) is 42.5 Å². The molecule has 2 aromatic carbocycles. The standard InChI is InChI=1S/C23H22ClNO5/c1-5-14-13-29-18-11-20(19(28-4)10-17(18)22(14)26)30-21(12-25(2)3)23(27)15-6-8-16(24)9-7-15/h6-13H,5H2,1-4H3/b21-12-. The monoisotopic (exact) mass is 427 g/mol. The van der Waals surface area contributed by atoms with Crippen LogP contribution in [0.25, 0.3) is 11.0 Å². The number of halogens is 1. The number of carbonyl (C=O) groups excluding carboxylic acids is 1.